The maximum Gasteiger partial charge on any atom is 0.143 e. The van der Waals surface area contributed by atoms with Gasteiger partial charge in [0.05, 0.1) is 16.1 Å². The summed E-state index contributed by atoms with van der Waals surface area (Å²) < 4.78 is 1.85. The highest BCUT2D eigenvalue weighted by atomic mass is 32.2. The van der Waals surface area contributed by atoms with Crippen molar-refractivity contribution < 1.29 is 5.11 Å². The number of nitrogens with zero attached hydrogens (tertiary/aromatic N) is 3. The van der Waals surface area contributed by atoms with Crippen LogP contribution in [0.25, 0.3) is 21.9 Å². The number of thioether (sulfide) groups is 1. The summed E-state index contributed by atoms with van der Waals surface area (Å²) in [5.41, 5.74) is 3.14. The van der Waals surface area contributed by atoms with Crippen LogP contribution in [0.4, 0.5) is 0 Å². The van der Waals surface area contributed by atoms with E-state index in [0.717, 1.165) is 43.7 Å². The van der Waals surface area contributed by atoms with E-state index < -0.39 is 15.9 Å². The van der Waals surface area contributed by atoms with Gasteiger partial charge >= 0.3 is 0 Å². The van der Waals surface area contributed by atoms with Gasteiger partial charge in [0.25, 0.3) is 0 Å². The number of fused-ring (bicyclic) bond motifs is 3. The Balaban J connectivity index is 2.30. The highest BCUT2D eigenvalue weighted by Gasteiger charge is 2.43. The van der Waals surface area contributed by atoms with Crippen LogP contribution in [0.15, 0.2) is 139 Å². The molecule has 0 radical (unpaired) electrons. The van der Waals surface area contributed by atoms with E-state index in [1.807, 2.05) is 78.2 Å². The SMILES string of the molecule is C=C/C=C(\C=C/C)C(C(/C=C\C)=C/C=C)(c1ccccc1)n1c2ccncc2c2ccc(SC(C)(C)C(C)(C)O)nc21. The van der Waals surface area contributed by atoms with Gasteiger partial charge in [0.2, 0.25) is 0 Å². The van der Waals surface area contributed by atoms with Crippen molar-refractivity contribution in [2.24, 2.45) is 0 Å². The van der Waals surface area contributed by atoms with E-state index >= 15 is 0 Å². The second-order valence-electron chi connectivity index (χ2n) is 11.2. The molecule has 3 heterocycles. The number of benzene rings is 1. The van der Waals surface area contributed by atoms with Crippen LogP contribution in [0.1, 0.15) is 47.1 Å². The molecule has 0 unspecified atom stereocenters. The van der Waals surface area contributed by atoms with Crippen LogP contribution in [0, 0.1) is 0 Å². The summed E-state index contributed by atoms with van der Waals surface area (Å²) in [5.74, 6) is 0. The molecule has 0 aliphatic carbocycles. The molecule has 0 fully saturated rings. The molecule has 0 aliphatic rings. The fourth-order valence-electron chi connectivity index (χ4n) is 5.27. The smallest absolute Gasteiger partial charge is 0.143 e. The average molecular weight is 576 g/mol. The first kappa shape index (κ1) is 31.0. The molecule has 0 aliphatic heterocycles. The molecule has 1 aromatic carbocycles. The number of aromatic nitrogens is 3. The molecule has 42 heavy (non-hydrogen) atoms. The first-order chi connectivity index (χ1) is 20.1. The third-order valence-electron chi connectivity index (χ3n) is 7.87. The normalized spacial score (nSPS) is 15.1. The van der Waals surface area contributed by atoms with Crippen molar-refractivity contribution in [3.63, 3.8) is 0 Å². The Bertz CT molecular complexity index is 1680. The molecule has 0 saturated heterocycles. The monoisotopic (exact) mass is 575 g/mol. The first-order valence-corrected chi connectivity index (χ1v) is 15.0. The fourth-order valence-corrected chi connectivity index (χ4v) is 6.31. The van der Waals surface area contributed by atoms with Gasteiger partial charge < -0.3 is 9.67 Å². The Hall–Kier alpha value is -3.93. The molecule has 4 nitrogen and oxygen atoms in total. The highest BCUT2D eigenvalue weighted by Crippen LogP contribution is 2.48. The molecule has 1 N–H and O–H groups in total. The van der Waals surface area contributed by atoms with Crippen LogP contribution >= 0.6 is 11.8 Å². The fraction of sp³-hybridized carbons (Fsp3) is 0.243. The molecule has 3 aromatic heterocycles. The zero-order chi connectivity index (χ0) is 30.5. The first-order valence-electron chi connectivity index (χ1n) is 14.2. The summed E-state index contributed by atoms with van der Waals surface area (Å²) in [7, 11) is 0. The minimum atomic E-state index is -0.920. The lowest BCUT2D eigenvalue weighted by Crippen LogP contribution is -2.42. The van der Waals surface area contributed by atoms with Crippen LogP contribution in [0.3, 0.4) is 0 Å². The number of allylic oxidation sites excluding steroid dienone is 10. The molecule has 0 atom stereocenters. The molecular weight excluding hydrogens is 534 g/mol. The van der Waals surface area contributed by atoms with Gasteiger partial charge in [0.15, 0.2) is 0 Å². The number of hydrogen-bond acceptors (Lipinski definition) is 4. The van der Waals surface area contributed by atoms with Crippen LogP contribution < -0.4 is 0 Å². The Morgan fingerprint density at radius 1 is 0.857 bits per heavy atom. The quantitative estimate of drug-likeness (QED) is 0.143. The van der Waals surface area contributed by atoms with Gasteiger partial charge in [-0.2, -0.15) is 0 Å². The number of aliphatic hydroxyl groups is 1. The molecule has 0 bridgehead atoms. The number of rotatable bonds is 11. The lowest BCUT2D eigenvalue weighted by atomic mass is 9.74. The van der Waals surface area contributed by atoms with Crippen LogP contribution in [0.5, 0.6) is 0 Å². The largest absolute Gasteiger partial charge is 0.389 e. The van der Waals surface area contributed by atoms with Gasteiger partial charge in [-0.25, -0.2) is 4.98 Å². The Kier molecular flexibility index (Phi) is 9.24. The van der Waals surface area contributed by atoms with E-state index in [2.05, 4.69) is 95.6 Å². The third-order valence-corrected chi connectivity index (χ3v) is 9.32. The zero-order valence-corrected chi connectivity index (χ0v) is 26.3. The lowest BCUT2D eigenvalue weighted by molar-refractivity contribution is 0.0492. The third kappa shape index (κ3) is 5.47. The minimum Gasteiger partial charge on any atom is -0.389 e. The molecule has 0 spiro atoms. The summed E-state index contributed by atoms with van der Waals surface area (Å²) >= 11 is 1.57. The summed E-state index contributed by atoms with van der Waals surface area (Å²) in [6.07, 6.45) is 20.0. The van der Waals surface area contributed by atoms with Crippen molar-refractivity contribution in [1.29, 1.82) is 0 Å². The van der Waals surface area contributed by atoms with Crippen LogP contribution in [-0.4, -0.2) is 30.0 Å². The summed E-state index contributed by atoms with van der Waals surface area (Å²) in [6, 6.07) is 16.7. The molecule has 4 aromatic rings. The zero-order valence-electron chi connectivity index (χ0n) is 25.5. The van der Waals surface area contributed by atoms with Crippen LogP contribution in [-0.2, 0) is 5.54 Å². The van der Waals surface area contributed by atoms with Crippen LogP contribution in [0.2, 0.25) is 0 Å². The van der Waals surface area contributed by atoms with E-state index in [1.165, 1.54) is 0 Å². The maximum atomic E-state index is 10.9. The van der Waals surface area contributed by atoms with Crippen molar-refractivity contribution >= 4 is 33.7 Å². The Labute approximate surface area is 254 Å². The summed E-state index contributed by atoms with van der Waals surface area (Å²) in [6.45, 7) is 20.0. The highest BCUT2D eigenvalue weighted by molar-refractivity contribution is 8.00. The number of hydrogen-bond donors (Lipinski definition) is 1. The topological polar surface area (TPSA) is 50.9 Å². The standard InChI is InChI=1S/C37H41N3OS/c1-9-16-27(17-10-2)37(28(18-11-3)19-12-4,29-20-14-13-15-21-29)40-32-24-25-38-26-31(32)30-22-23-33(39-34(30)40)42-36(7,8)35(5,6)41/h9-26,41H,1,3H2,2,4-8H3/b17-10-,19-12-,27-16+,28-18+. The van der Waals surface area contributed by atoms with Crippen molar-refractivity contribution in [3.05, 3.63) is 139 Å². The summed E-state index contributed by atoms with van der Waals surface area (Å²) in [5, 5.41) is 13.8. The summed E-state index contributed by atoms with van der Waals surface area (Å²) in [4.78, 5) is 9.85. The minimum absolute atomic E-state index is 0.486. The van der Waals surface area contributed by atoms with Gasteiger partial charge in [-0.3, -0.25) is 4.98 Å². The van der Waals surface area contributed by atoms with Crippen molar-refractivity contribution in [2.45, 2.75) is 62.5 Å². The molecule has 4 rings (SSSR count). The van der Waals surface area contributed by atoms with Crippen molar-refractivity contribution in [3.8, 4) is 0 Å². The van der Waals surface area contributed by atoms with Crippen molar-refractivity contribution in [1.82, 2.24) is 14.5 Å². The molecular formula is C37H41N3OS. The van der Waals surface area contributed by atoms with Gasteiger partial charge in [-0.1, -0.05) is 104 Å². The second kappa shape index (κ2) is 12.5. The van der Waals surface area contributed by atoms with Gasteiger partial charge in [0, 0.05) is 27.9 Å². The molecule has 0 saturated carbocycles. The van der Waals surface area contributed by atoms with Gasteiger partial charge in [-0.05, 0) is 76.5 Å². The Morgan fingerprint density at radius 3 is 2.02 bits per heavy atom. The van der Waals surface area contributed by atoms with E-state index in [0.29, 0.717) is 0 Å². The van der Waals surface area contributed by atoms with E-state index in [-0.39, 0.29) is 0 Å². The molecule has 0 amide bonds. The lowest BCUT2D eigenvalue weighted by Gasteiger charge is -2.40. The Morgan fingerprint density at radius 2 is 1.48 bits per heavy atom. The van der Waals surface area contributed by atoms with E-state index in [9.17, 15) is 5.11 Å². The van der Waals surface area contributed by atoms with E-state index in [1.54, 1.807) is 11.8 Å². The maximum absolute atomic E-state index is 10.9. The predicted octanol–water partition coefficient (Wildman–Crippen LogP) is 9.35. The van der Waals surface area contributed by atoms with Crippen molar-refractivity contribution in [2.75, 3.05) is 0 Å². The average Bonchev–Trinajstić information content (AvgIpc) is 3.28. The second-order valence-corrected chi connectivity index (χ2v) is 12.9. The predicted molar refractivity (Wildman–Crippen MR) is 181 cm³/mol. The van der Waals surface area contributed by atoms with Gasteiger partial charge in [0.1, 0.15) is 11.2 Å². The van der Waals surface area contributed by atoms with E-state index in [4.69, 9.17) is 4.98 Å². The molecule has 5 heteroatoms. The van der Waals surface area contributed by atoms with Gasteiger partial charge in [-0.15, -0.1) is 0 Å². The number of pyridine rings is 2. The molecule has 216 valence electrons.